The van der Waals surface area contributed by atoms with Gasteiger partial charge in [-0.2, -0.15) is 0 Å². The van der Waals surface area contributed by atoms with Crippen molar-refractivity contribution in [2.45, 2.75) is 0 Å². The van der Waals surface area contributed by atoms with Crippen LogP contribution in [0.15, 0.2) is 188 Å². The molecule has 1 aromatic heterocycles. The summed E-state index contributed by atoms with van der Waals surface area (Å²) in [4.78, 5) is 13.7. The van der Waals surface area contributed by atoms with Crippen molar-refractivity contribution < 1.29 is 0 Å². The van der Waals surface area contributed by atoms with Gasteiger partial charge in [0.1, 0.15) is 0 Å². The maximum absolute atomic E-state index is 5.59. The normalized spacial score (nSPS) is 12.3. The molecular formula is C52H31N3. The number of para-hydroxylation sites is 2. The van der Waals surface area contributed by atoms with Crippen molar-refractivity contribution >= 4 is 82.0 Å². The summed E-state index contributed by atoms with van der Waals surface area (Å²) in [6, 6.07) is 68.0. The number of fused-ring (bicyclic) bond motifs is 9. The van der Waals surface area contributed by atoms with Crippen LogP contribution in [0.5, 0.6) is 0 Å². The Hall–Kier alpha value is -7.36. The Labute approximate surface area is 317 Å². The van der Waals surface area contributed by atoms with Crippen LogP contribution in [-0.2, 0) is 0 Å². The minimum atomic E-state index is 0.854. The molecule has 0 amide bonds. The van der Waals surface area contributed by atoms with Gasteiger partial charge in [0, 0.05) is 32.8 Å². The van der Waals surface area contributed by atoms with E-state index in [1.807, 2.05) is 6.07 Å². The number of benzene rings is 10. The second-order valence-electron chi connectivity index (χ2n) is 14.5. The van der Waals surface area contributed by atoms with Gasteiger partial charge in [0.25, 0.3) is 0 Å². The lowest BCUT2D eigenvalue weighted by Crippen LogP contribution is -2.17. The number of anilines is 3. The van der Waals surface area contributed by atoms with Crippen molar-refractivity contribution in [1.29, 1.82) is 0 Å². The van der Waals surface area contributed by atoms with Gasteiger partial charge in [-0.15, -0.1) is 0 Å². The van der Waals surface area contributed by atoms with E-state index >= 15 is 0 Å². The third-order valence-corrected chi connectivity index (χ3v) is 11.5. The van der Waals surface area contributed by atoms with Crippen molar-refractivity contribution in [3.8, 4) is 33.6 Å². The van der Waals surface area contributed by atoms with Gasteiger partial charge >= 0.3 is 0 Å². The monoisotopic (exact) mass is 697 g/mol. The minimum absolute atomic E-state index is 0.854. The number of nitrogens with zero attached hydrogens (tertiary/aromatic N) is 3. The molecule has 1 aliphatic rings. The van der Waals surface area contributed by atoms with Gasteiger partial charge in [-0.05, 0) is 73.6 Å². The lowest BCUT2D eigenvalue weighted by Gasteiger charge is -2.36. The second-order valence-corrected chi connectivity index (χ2v) is 14.5. The summed E-state index contributed by atoms with van der Waals surface area (Å²) in [5.74, 6) is 0. The molecule has 0 saturated carbocycles. The minimum Gasteiger partial charge on any atom is -0.307 e. The van der Waals surface area contributed by atoms with Crippen LogP contribution in [0.25, 0.3) is 98.5 Å². The molecule has 55 heavy (non-hydrogen) atoms. The molecule has 0 saturated heterocycles. The van der Waals surface area contributed by atoms with E-state index in [-0.39, 0.29) is 0 Å². The average Bonchev–Trinajstić information content (AvgIpc) is 3.25. The van der Waals surface area contributed by atoms with Gasteiger partial charge in [0.2, 0.25) is 0 Å². The summed E-state index contributed by atoms with van der Waals surface area (Å²) in [6.45, 7) is 0. The van der Waals surface area contributed by atoms with E-state index in [0.717, 1.165) is 55.7 Å². The maximum atomic E-state index is 5.59. The summed E-state index contributed by atoms with van der Waals surface area (Å²) >= 11 is 0. The molecule has 0 atom stereocenters. The Bertz CT molecular complexity index is 3390. The van der Waals surface area contributed by atoms with E-state index in [0.29, 0.717) is 0 Å². The number of aromatic nitrogens is 2. The van der Waals surface area contributed by atoms with Crippen molar-refractivity contribution in [3.05, 3.63) is 188 Å². The van der Waals surface area contributed by atoms with Gasteiger partial charge in [-0.3, -0.25) is 0 Å². The molecule has 10 aromatic carbocycles. The molecule has 0 radical (unpaired) electrons. The highest BCUT2D eigenvalue weighted by molar-refractivity contribution is 6.22. The Morgan fingerprint density at radius 3 is 1.53 bits per heavy atom. The molecular weight excluding hydrogens is 667 g/mol. The summed E-state index contributed by atoms with van der Waals surface area (Å²) in [5.41, 5.74) is 11.4. The summed E-state index contributed by atoms with van der Waals surface area (Å²) in [5, 5.41) is 12.0. The molecule has 0 aliphatic carbocycles. The lowest BCUT2D eigenvalue weighted by molar-refractivity contribution is 1.27. The highest BCUT2D eigenvalue weighted by Crippen LogP contribution is 2.56. The average molecular weight is 698 g/mol. The fourth-order valence-corrected chi connectivity index (χ4v) is 9.11. The third kappa shape index (κ3) is 4.38. The molecule has 0 fully saturated rings. The zero-order valence-corrected chi connectivity index (χ0v) is 29.7. The Morgan fingerprint density at radius 2 is 0.818 bits per heavy atom. The van der Waals surface area contributed by atoms with Crippen molar-refractivity contribution in [2.75, 3.05) is 4.90 Å². The number of rotatable bonds is 3. The van der Waals surface area contributed by atoms with Crippen LogP contribution < -0.4 is 4.90 Å². The highest BCUT2D eigenvalue weighted by Gasteiger charge is 2.31. The summed E-state index contributed by atoms with van der Waals surface area (Å²) < 4.78 is 0. The first-order valence-corrected chi connectivity index (χ1v) is 18.8. The molecule has 3 heteroatoms. The van der Waals surface area contributed by atoms with Crippen LogP contribution in [0.4, 0.5) is 17.1 Å². The first kappa shape index (κ1) is 30.1. The molecule has 254 valence electrons. The van der Waals surface area contributed by atoms with Gasteiger partial charge in [0.15, 0.2) is 0 Å². The van der Waals surface area contributed by atoms with E-state index < -0.39 is 0 Å². The van der Waals surface area contributed by atoms with E-state index in [9.17, 15) is 0 Å². The molecule has 12 rings (SSSR count). The predicted molar refractivity (Wildman–Crippen MR) is 232 cm³/mol. The van der Waals surface area contributed by atoms with E-state index in [1.165, 1.54) is 59.9 Å². The van der Waals surface area contributed by atoms with Gasteiger partial charge in [0.05, 0.1) is 39.5 Å². The van der Waals surface area contributed by atoms with Gasteiger partial charge < -0.3 is 4.90 Å². The third-order valence-electron chi connectivity index (χ3n) is 11.5. The number of hydrogen-bond donors (Lipinski definition) is 0. The first-order valence-electron chi connectivity index (χ1n) is 18.8. The Kier molecular flexibility index (Phi) is 6.34. The van der Waals surface area contributed by atoms with E-state index in [1.54, 1.807) is 0 Å². The van der Waals surface area contributed by atoms with E-state index in [4.69, 9.17) is 9.97 Å². The smallest absolute Gasteiger partial charge is 0.0994 e. The van der Waals surface area contributed by atoms with Crippen molar-refractivity contribution in [2.24, 2.45) is 0 Å². The maximum Gasteiger partial charge on any atom is 0.0994 e. The van der Waals surface area contributed by atoms with E-state index in [2.05, 4.69) is 187 Å². The largest absolute Gasteiger partial charge is 0.307 e. The Balaban J connectivity index is 1.26. The predicted octanol–water partition coefficient (Wildman–Crippen LogP) is 14.2. The van der Waals surface area contributed by atoms with Crippen molar-refractivity contribution in [1.82, 2.24) is 9.97 Å². The summed E-state index contributed by atoms with van der Waals surface area (Å²) in [7, 11) is 0. The van der Waals surface area contributed by atoms with Crippen molar-refractivity contribution in [3.63, 3.8) is 0 Å². The van der Waals surface area contributed by atoms with Gasteiger partial charge in [-0.25, -0.2) is 9.97 Å². The SMILES string of the molecule is c1ccc2c(N3c4c(ccc5ccccc45)-c4cccc5cccc3c45)c(-c3nc4ccccc4nc3-c3cc4ccccc4c4ccccc34)ccc2c1. The van der Waals surface area contributed by atoms with Crippen LogP contribution >= 0.6 is 0 Å². The molecule has 0 spiro atoms. The lowest BCUT2D eigenvalue weighted by atomic mass is 9.87. The zero-order chi connectivity index (χ0) is 36.0. The quantitative estimate of drug-likeness (QED) is 0.172. The topological polar surface area (TPSA) is 29.0 Å². The zero-order valence-electron chi connectivity index (χ0n) is 29.7. The molecule has 0 N–H and O–H groups in total. The fourth-order valence-electron chi connectivity index (χ4n) is 9.11. The molecule has 11 aromatic rings. The van der Waals surface area contributed by atoms with Crippen LogP contribution in [0.3, 0.4) is 0 Å². The van der Waals surface area contributed by atoms with Crippen LogP contribution in [0.1, 0.15) is 0 Å². The summed E-state index contributed by atoms with van der Waals surface area (Å²) in [6.07, 6.45) is 0. The van der Waals surface area contributed by atoms with Crippen LogP contribution in [0, 0.1) is 0 Å². The molecule has 1 aliphatic heterocycles. The molecule has 0 unspecified atom stereocenters. The first-order chi connectivity index (χ1) is 27.3. The molecule has 2 heterocycles. The van der Waals surface area contributed by atoms with Crippen LogP contribution in [-0.4, -0.2) is 9.97 Å². The standard InChI is InChI=1S/C52H31N3/c1-5-19-37-32(13-1)27-29-42-41-23-11-16-34-17-12-26-47(48(34)41)55(51(37)42)52-38-20-6-2-14-33(38)28-30-43(52)49-50(54-46-25-10-9-24-45(46)53-49)44-31-35-15-3-4-18-36(35)39-21-7-8-22-40(39)44/h1-31H. The molecule has 0 bridgehead atoms. The van der Waals surface area contributed by atoms with Gasteiger partial charge in [-0.1, -0.05) is 158 Å². The Morgan fingerprint density at radius 1 is 0.309 bits per heavy atom. The molecule has 3 nitrogen and oxygen atoms in total. The second kappa shape index (κ2) is 11.6. The highest BCUT2D eigenvalue weighted by atomic mass is 15.2. The fraction of sp³-hybridized carbons (Fsp3) is 0. The van der Waals surface area contributed by atoms with Crippen LogP contribution in [0.2, 0.25) is 0 Å². The number of hydrogen-bond acceptors (Lipinski definition) is 3.